The lowest BCUT2D eigenvalue weighted by Crippen LogP contribution is -2.02. The first-order valence-corrected chi connectivity index (χ1v) is 9.01. The van der Waals surface area contributed by atoms with E-state index in [0.717, 1.165) is 22.7 Å². The van der Waals surface area contributed by atoms with E-state index in [0.29, 0.717) is 16.4 Å². The first-order valence-electron chi connectivity index (χ1n) is 8.22. The fourth-order valence-electron chi connectivity index (χ4n) is 2.37. The van der Waals surface area contributed by atoms with Gasteiger partial charge >= 0.3 is 0 Å². The van der Waals surface area contributed by atoms with Crippen LogP contribution in [0.3, 0.4) is 0 Å². The largest absolute Gasteiger partial charge is 0.488 e. The summed E-state index contributed by atoms with van der Waals surface area (Å²) in [6.45, 7) is 4.53. The van der Waals surface area contributed by atoms with Crippen molar-refractivity contribution < 1.29 is 4.74 Å². The molecule has 0 aliphatic heterocycles. The van der Waals surface area contributed by atoms with E-state index in [9.17, 15) is 0 Å². The minimum Gasteiger partial charge on any atom is -0.488 e. The Hall–Kier alpha value is -2.44. The summed E-state index contributed by atoms with van der Waals surface area (Å²) < 4.78 is 8.05. The van der Waals surface area contributed by atoms with Gasteiger partial charge in [0.2, 0.25) is 4.77 Å². The highest BCUT2D eigenvalue weighted by atomic mass is 35.5. The van der Waals surface area contributed by atoms with Gasteiger partial charge in [0.05, 0.1) is 6.21 Å². The molecule has 3 rings (SSSR count). The van der Waals surface area contributed by atoms with Crippen molar-refractivity contribution in [3.8, 4) is 5.75 Å². The molecule has 1 heterocycles. The predicted octanol–water partition coefficient (Wildman–Crippen LogP) is 5.18. The van der Waals surface area contributed by atoms with Gasteiger partial charge in [-0.15, -0.1) is 0 Å². The van der Waals surface area contributed by atoms with Crippen LogP contribution in [0.1, 0.15) is 36.7 Å². The third-order valence-corrected chi connectivity index (χ3v) is 4.25. The van der Waals surface area contributed by atoms with Gasteiger partial charge in [-0.3, -0.25) is 5.10 Å². The molecule has 1 aromatic heterocycles. The standard InChI is InChI=1S/C19H19ClN4OS/c1-13(2)18-22-23-19(26)24(18)21-11-15-5-3-4-6-17(15)25-12-14-7-9-16(20)10-8-14/h3-11,13H,12H2,1-2H3,(H,23,26)/b21-11+. The van der Waals surface area contributed by atoms with E-state index in [1.165, 1.54) is 0 Å². The summed E-state index contributed by atoms with van der Waals surface area (Å²) in [4.78, 5) is 0. The number of hydrogen-bond donors (Lipinski definition) is 1. The van der Waals surface area contributed by atoms with Crippen LogP contribution in [0.5, 0.6) is 5.75 Å². The zero-order chi connectivity index (χ0) is 18.5. The number of halogens is 1. The summed E-state index contributed by atoms with van der Waals surface area (Å²) in [5.41, 5.74) is 1.90. The fraction of sp³-hybridized carbons (Fsp3) is 0.211. The van der Waals surface area contributed by atoms with Gasteiger partial charge in [-0.1, -0.05) is 49.7 Å². The second kappa shape index (κ2) is 8.29. The number of rotatable bonds is 6. The maximum atomic E-state index is 5.95. The minimum absolute atomic E-state index is 0.205. The van der Waals surface area contributed by atoms with Crippen LogP contribution in [0, 0.1) is 4.77 Å². The summed E-state index contributed by atoms with van der Waals surface area (Å²) in [5.74, 6) is 1.73. The van der Waals surface area contributed by atoms with Gasteiger partial charge in [0, 0.05) is 16.5 Å². The number of aromatic amines is 1. The normalized spacial score (nSPS) is 11.4. The van der Waals surface area contributed by atoms with Crippen molar-refractivity contribution in [3.63, 3.8) is 0 Å². The molecule has 5 nitrogen and oxygen atoms in total. The molecule has 0 amide bonds. The van der Waals surface area contributed by atoms with Crippen molar-refractivity contribution in [2.24, 2.45) is 5.10 Å². The van der Waals surface area contributed by atoms with Crippen molar-refractivity contribution in [1.29, 1.82) is 0 Å². The molecule has 0 aliphatic carbocycles. The average molecular weight is 387 g/mol. The highest BCUT2D eigenvalue weighted by Gasteiger charge is 2.09. The fourth-order valence-corrected chi connectivity index (χ4v) is 2.68. The Labute approximate surface area is 162 Å². The van der Waals surface area contributed by atoms with Gasteiger partial charge in [-0.05, 0) is 42.0 Å². The summed E-state index contributed by atoms with van der Waals surface area (Å²) in [7, 11) is 0. The van der Waals surface area contributed by atoms with Gasteiger partial charge in [-0.25, -0.2) is 0 Å². The predicted molar refractivity (Wildman–Crippen MR) is 107 cm³/mol. The monoisotopic (exact) mass is 386 g/mol. The third-order valence-electron chi connectivity index (χ3n) is 3.73. The lowest BCUT2D eigenvalue weighted by Gasteiger charge is -2.09. The highest BCUT2D eigenvalue weighted by Crippen LogP contribution is 2.19. The van der Waals surface area contributed by atoms with E-state index < -0.39 is 0 Å². The number of H-pyrrole nitrogens is 1. The quantitative estimate of drug-likeness (QED) is 0.469. The molecule has 0 radical (unpaired) electrons. The van der Waals surface area contributed by atoms with Crippen LogP contribution in [0.2, 0.25) is 5.02 Å². The van der Waals surface area contributed by atoms with Crippen molar-refractivity contribution >= 4 is 30.0 Å². The van der Waals surface area contributed by atoms with Gasteiger partial charge in [-0.2, -0.15) is 14.9 Å². The number of benzene rings is 2. The van der Waals surface area contributed by atoms with Crippen LogP contribution in [0.15, 0.2) is 53.6 Å². The van der Waals surface area contributed by atoms with Gasteiger partial charge in [0.15, 0.2) is 5.82 Å². The SMILES string of the molecule is CC(C)c1n[nH]c(=S)n1/N=C/c1ccccc1OCc1ccc(Cl)cc1. The summed E-state index contributed by atoms with van der Waals surface area (Å²) in [6, 6.07) is 15.3. The average Bonchev–Trinajstić information content (AvgIpc) is 3.01. The van der Waals surface area contributed by atoms with Crippen molar-refractivity contribution in [3.05, 3.63) is 75.3 Å². The molecular weight excluding hydrogens is 368 g/mol. The Bertz CT molecular complexity index is 960. The van der Waals surface area contributed by atoms with Crippen molar-refractivity contribution in [1.82, 2.24) is 14.9 Å². The summed E-state index contributed by atoms with van der Waals surface area (Å²) in [5, 5.41) is 12.2. The van der Waals surface area contributed by atoms with Crippen molar-refractivity contribution in [2.45, 2.75) is 26.4 Å². The molecule has 0 spiro atoms. The van der Waals surface area contributed by atoms with E-state index in [-0.39, 0.29) is 5.92 Å². The van der Waals surface area contributed by atoms with Crippen LogP contribution in [0.4, 0.5) is 0 Å². The van der Waals surface area contributed by atoms with E-state index in [1.807, 2.05) is 62.4 Å². The molecular formula is C19H19ClN4OS. The van der Waals surface area contributed by atoms with Crippen LogP contribution in [0.25, 0.3) is 0 Å². The zero-order valence-electron chi connectivity index (χ0n) is 14.5. The minimum atomic E-state index is 0.205. The van der Waals surface area contributed by atoms with E-state index in [2.05, 4.69) is 15.3 Å². The molecule has 26 heavy (non-hydrogen) atoms. The summed E-state index contributed by atoms with van der Waals surface area (Å²) in [6.07, 6.45) is 1.73. The maximum Gasteiger partial charge on any atom is 0.216 e. The molecule has 1 N–H and O–H groups in total. The van der Waals surface area contributed by atoms with Crippen LogP contribution >= 0.6 is 23.8 Å². The molecule has 0 atom stereocenters. The molecule has 0 saturated carbocycles. The Morgan fingerprint density at radius 3 is 2.69 bits per heavy atom. The topological polar surface area (TPSA) is 55.2 Å². The molecule has 0 unspecified atom stereocenters. The lowest BCUT2D eigenvalue weighted by molar-refractivity contribution is 0.306. The number of nitrogens with zero attached hydrogens (tertiary/aromatic N) is 3. The van der Waals surface area contributed by atoms with Gasteiger partial charge in [0.25, 0.3) is 0 Å². The smallest absolute Gasteiger partial charge is 0.216 e. The molecule has 0 fully saturated rings. The molecule has 134 valence electrons. The number of ether oxygens (including phenoxy) is 1. The molecule has 0 saturated heterocycles. The van der Waals surface area contributed by atoms with E-state index >= 15 is 0 Å². The first-order chi connectivity index (χ1) is 12.5. The highest BCUT2D eigenvalue weighted by molar-refractivity contribution is 7.71. The number of nitrogens with one attached hydrogen (secondary N) is 1. The first kappa shape index (κ1) is 18.4. The molecule has 7 heteroatoms. The Balaban J connectivity index is 1.80. The lowest BCUT2D eigenvalue weighted by atomic mass is 10.2. The van der Waals surface area contributed by atoms with Crippen molar-refractivity contribution in [2.75, 3.05) is 0 Å². The molecule has 3 aromatic rings. The zero-order valence-corrected chi connectivity index (χ0v) is 16.1. The van der Waals surface area contributed by atoms with Gasteiger partial charge < -0.3 is 4.74 Å². The number of aromatic nitrogens is 3. The van der Waals surface area contributed by atoms with E-state index in [4.69, 9.17) is 28.6 Å². The van der Waals surface area contributed by atoms with Crippen LogP contribution in [-0.4, -0.2) is 21.1 Å². The Kier molecular flexibility index (Phi) is 5.85. The maximum absolute atomic E-state index is 5.95. The molecule has 2 aromatic carbocycles. The van der Waals surface area contributed by atoms with Crippen LogP contribution < -0.4 is 4.74 Å². The van der Waals surface area contributed by atoms with Gasteiger partial charge in [0.1, 0.15) is 12.4 Å². The third kappa shape index (κ3) is 4.39. The van der Waals surface area contributed by atoms with Crippen LogP contribution in [-0.2, 0) is 6.61 Å². The second-order valence-corrected chi connectivity index (χ2v) is 6.87. The van der Waals surface area contributed by atoms with E-state index in [1.54, 1.807) is 10.9 Å². The Morgan fingerprint density at radius 2 is 1.96 bits per heavy atom. The second-order valence-electron chi connectivity index (χ2n) is 6.05. The molecule has 0 bridgehead atoms. The molecule has 0 aliphatic rings. The summed E-state index contributed by atoms with van der Waals surface area (Å²) >= 11 is 11.2. The number of para-hydroxylation sites is 1. The number of hydrogen-bond acceptors (Lipinski definition) is 4. The Morgan fingerprint density at radius 1 is 1.23 bits per heavy atom.